The fraction of sp³-hybridized carbons (Fsp3) is 0.333. The van der Waals surface area contributed by atoms with E-state index in [0.717, 1.165) is 23.6 Å². The molecule has 5 nitrogen and oxygen atoms in total. The van der Waals surface area contributed by atoms with E-state index in [-0.39, 0.29) is 30.4 Å². The standard InChI is InChI=1S/C18H20N2O3/c1-11(10-21)19-18(23)15-8-13-4-2-3-5-14(13)9-16(15)20-17(22)12-6-7-12/h2-5,8-9,11-12,21H,6-7,10H2,1H3,(H,19,23)(H,20,22). The van der Waals surface area contributed by atoms with E-state index >= 15 is 0 Å². The van der Waals surface area contributed by atoms with E-state index in [1.807, 2.05) is 30.3 Å². The summed E-state index contributed by atoms with van der Waals surface area (Å²) < 4.78 is 0. The Morgan fingerprint density at radius 3 is 2.48 bits per heavy atom. The Morgan fingerprint density at radius 1 is 1.22 bits per heavy atom. The van der Waals surface area contributed by atoms with Gasteiger partial charge >= 0.3 is 0 Å². The van der Waals surface area contributed by atoms with Crippen molar-refractivity contribution >= 4 is 28.3 Å². The third-order valence-corrected chi connectivity index (χ3v) is 3.99. The van der Waals surface area contributed by atoms with Crippen molar-refractivity contribution in [2.45, 2.75) is 25.8 Å². The molecule has 0 saturated heterocycles. The number of hydrogen-bond acceptors (Lipinski definition) is 3. The van der Waals surface area contributed by atoms with Crippen molar-refractivity contribution in [3.05, 3.63) is 42.0 Å². The van der Waals surface area contributed by atoms with E-state index < -0.39 is 0 Å². The van der Waals surface area contributed by atoms with Crippen LogP contribution in [0.1, 0.15) is 30.1 Å². The summed E-state index contributed by atoms with van der Waals surface area (Å²) in [6, 6.07) is 11.0. The van der Waals surface area contributed by atoms with Crippen molar-refractivity contribution in [2.75, 3.05) is 11.9 Å². The van der Waals surface area contributed by atoms with Crippen LogP contribution in [0, 0.1) is 5.92 Å². The van der Waals surface area contributed by atoms with Gasteiger partial charge in [-0.25, -0.2) is 0 Å². The zero-order chi connectivity index (χ0) is 16.4. The Morgan fingerprint density at radius 2 is 1.87 bits per heavy atom. The molecule has 1 aliphatic rings. The molecule has 1 saturated carbocycles. The average molecular weight is 312 g/mol. The third-order valence-electron chi connectivity index (χ3n) is 3.99. The summed E-state index contributed by atoms with van der Waals surface area (Å²) in [4.78, 5) is 24.6. The van der Waals surface area contributed by atoms with Crippen molar-refractivity contribution in [3.8, 4) is 0 Å². The number of rotatable bonds is 5. The first-order chi connectivity index (χ1) is 11.1. The van der Waals surface area contributed by atoms with Gasteiger partial charge in [-0.2, -0.15) is 0 Å². The van der Waals surface area contributed by atoms with Crippen molar-refractivity contribution < 1.29 is 14.7 Å². The number of aliphatic hydroxyl groups is 1. The van der Waals surface area contributed by atoms with Gasteiger partial charge in [-0.1, -0.05) is 24.3 Å². The van der Waals surface area contributed by atoms with Gasteiger partial charge in [0.05, 0.1) is 17.9 Å². The van der Waals surface area contributed by atoms with E-state index in [0.29, 0.717) is 11.3 Å². The second kappa shape index (κ2) is 6.38. The molecule has 0 spiro atoms. The first-order valence-electron chi connectivity index (χ1n) is 7.84. The summed E-state index contributed by atoms with van der Waals surface area (Å²) in [5.41, 5.74) is 0.932. The molecule has 0 aromatic heterocycles. The summed E-state index contributed by atoms with van der Waals surface area (Å²) >= 11 is 0. The van der Waals surface area contributed by atoms with Crippen LogP contribution in [-0.2, 0) is 4.79 Å². The number of anilines is 1. The highest BCUT2D eigenvalue weighted by Crippen LogP contribution is 2.31. The van der Waals surface area contributed by atoms with E-state index in [1.54, 1.807) is 13.0 Å². The summed E-state index contributed by atoms with van der Waals surface area (Å²) in [5, 5.41) is 16.6. The minimum atomic E-state index is -0.346. The van der Waals surface area contributed by atoms with E-state index in [1.165, 1.54) is 0 Å². The Hall–Kier alpha value is -2.40. The lowest BCUT2D eigenvalue weighted by Crippen LogP contribution is -2.35. The van der Waals surface area contributed by atoms with Gasteiger partial charge in [0.15, 0.2) is 0 Å². The lowest BCUT2D eigenvalue weighted by molar-refractivity contribution is -0.117. The maximum absolute atomic E-state index is 12.5. The van der Waals surface area contributed by atoms with Crippen LogP contribution in [-0.4, -0.2) is 29.6 Å². The molecular weight excluding hydrogens is 292 g/mol. The highest BCUT2D eigenvalue weighted by Gasteiger charge is 2.30. The average Bonchev–Trinajstić information content (AvgIpc) is 3.38. The molecule has 0 aliphatic heterocycles. The van der Waals surface area contributed by atoms with Gasteiger partial charge in [0.1, 0.15) is 0 Å². The molecule has 1 aliphatic carbocycles. The summed E-state index contributed by atoms with van der Waals surface area (Å²) in [7, 11) is 0. The molecule has 0 radical (unpaired) electrons. The van der Waals surface area contributed by atoms with Crippen LogP contribution >= 0.6 is 0 Å². The van der Waals surface area contributed by atoms with E-state index in [2.05, 4.69) is 10.6 Å². The molecule has 0 heterocycles. The maximum atomic E-state index is 12.5. The molecule has 3 N–H and O–H groups in total. The molecule has 120 valence electrons. The zero-order valence-corrected chi connectivity index (χ0v) is 13.0. The highest BCUT2D eigenvalue weighted by atomic mass is 16.3. The molecule has 0 bridgehead atoms. The minimum absolute atomic E-state index is 0.0375. The van der Waals surface area contributed by atoms with Crippen LogP contribution in [0.2, 0.25) is 0 Å². The van der Waals surface area contributed by atoms with Crippen LogP contribution < -0.4 is 10.6 Å². The van der Waals surface area contributed by atoms with Gasteiger partial charge in [0.25, 0.3) is 5.91 Å². The number of nitrogens with one attached hydrogen (secondary N) is 2. The van der Waals surface area contributed by atoms with Crippen LogP contribution in [0.25, 0.3) is 10.8 Å². The quantitative estimate of drug-likeness (QED) is 0.792. The van der Waals surface area contributed by atoms with Gasteiger partial charge in [-0.3, -0.25) is 9.59 Å². The zero-order valence-electron chi connectivity index (χ0n) is 13.0. The predicted molar refractivity (Wildman–Crippen MR) is 89.3 cm³/mol. The normalized spacial score (nSPS) is 15.2. The molecule has 1 unspecified atom stereocenters. The van der Waals surface area contributed by atoms with Gasteiger partial charge in [0.2, 0.25) is 5.91 Å². The Balaban J connectivity index is 1.97. The molecule has 2 aromatic carbocycles. The van der Waals surface area contributed by atoms with Crippen molar-refractivity contribution in [3.63, 3.8) is 0 Å². The highest BCUT2D eigenvalue weighted by molar-refractivity contribution is 6.08. The van der Waals surface area contributed by atoms with Gasteiger partial charge < -0.3 is 15.7 Å². The molecule has 5 heteroatoms. The number of aliphatic hydroxyl groups excluding tert-OH is 1. The molecular formula is C18H20N2O3. The van der Waals surface area contributed by atoms with Gasteiger partial charge in [-0.15, -0.1) is 0 Å². The predicted octanol–water partition coefficient (Wildman–Crippen LogP) is 2.30. The second-order valence-corrected chi connectivity index (χ2v) is 6.07. The van der Waals surface area contributed by atoms with Crippen LogP contribution in [0.3, 0.4) is 0 Å². The van der Waals surface area contributed by atoms with Crippen LogP contribution in [0.5, 0.6) is 0 Å². The molecule has 2 amide bonds. The number of hydrogen-bond donors (Lipinski definition) is 3. The lowest BCUT2D eigenvalue weighted by Gasteiger charge is -2.15. The first-order valence-corrected chi connectivity index (χ1v) is 7.84. The van der Waals surface area contributed by atoms with Crippen LogP contribution in [0.15, 0.2) is 36.4 Å². The lowest BCUT2D eigenvalue weighted by atomic mass is 10.0. The molecule has 3 rings (SSSR count). The second-order valence-electron chi connectivity index (χ2n) is 6.07. The van der Waals surface area contributed by atoms with Crippen molar-refractivity contribution in [1.82, 2.24) is 5.32 Å². The number of amides is 2. The van der Waals surface area contributed by atoms with Gasteiger partial charge in [0, 0.05) is 12.0 Å². The third kappa shape index (κ3) is 3.51. The van der Waals surface area contributed by atoms with E-state index in [4.69, 9.17) is 5.11 Å². The van der Waals surface area contributed by atoms with Crippen molar-refractivity contribution in [2.24, 2.45) is 5.92 Å². The smallest absolute Gasteiger partial charge is 0.253 e. The monoisotopic (exact) mass is 312 g/mol. The SMILES string of the molecule is CC(CO)NC(=O)c1cc2ccccc2cc1NC(=O)C1CC1. The topological polar surface area (TPSA) is 78.4 Å². The summed E-state index contributed by atoms with van der Waals surface area (Å²) in [6.07, 6.45) is 1.81. The van der Waals surface area contributed by atoms with E-state index in [9.17, 15) is 9.59 Å². The molecule has 23 heavy (non-hydrogen) atoms. The minimum Gasteiger partial charge on any atom is -0.394 e. The number of carbonyl (C=O) groups excluding carboxylic acids is 2. The number of carbonyl (C=O) groups is 2. The maximum Gasteiger partial charge on any atom is 0.253 e. The summed E-state index contributed by atoms with van der Waals surface area (Å²) in [5.74, 6) is -0.276. The largest absolute Gasteiger partial charge is 0.394 e. The van der Waals surface area contributed by atoms with Crippen molar-refractivity contribution in [1.29, 1.82) is 0 Å². The first kappa shape index (κ1) is 15.5. The number of benzene rings is 2. The molecule has 1 fully saturated rings. The Labute approximate surface area is 134 Å². The van der Waals surface area contributed by atoms with Gasteiger partial charge in [-0.05, 0) is 42.7 Å². The Bertz CT molecular complexity index is 753. The van der Waals surface area contributed by atoms with Crippen LogP contribution in [0.4, 0.5) is 5.69 Å². The molecule has 1 atom stereocenters. The Kier molecular flexibility index (Phi) is 4.30. The fourth-order valence-corrected chi connectivity index (χ4v) is 2.46. The molecule has 2 aromatic rings. The summed E-state index contributed by atoms with van der Waals surface area (Å²) in [6.45, 7) is 1.59. The fourth-order valence-electron chi connectivity index (χ4n) is 2.46. The number of fused-ring (bicyclic) bond motifs is 1.